The second kappa shape index (κ2) is 34.1. The van der Waals surface area contributed by atoms with Gasteiger partial charge in [-0.1, -0.05) is 101 Å². The standard InChI is InChI=1S/C29H33N7O3.C19H15N5O3S.C18H14N4O2S2.C17H12N6O.5H2/c1-18-6-11-21-22(16-18)34-26(33-21)24-25(30)31-17-23(32-24)19-7-9-20(10-8-19)27(37)35-12-5-13-36(15-14-35)28(38)39-29(2,3)4;1-28(25,26)14-9-7-12(8-10-14)15-11-21-17(20)16(22-15)18-23-19(27-24-18)13-5-3-2-4-6-13;1-26(23,24)12-8-6-11(7-9-12)14-10-20-17(19)16(21-14)18-22-13-4-2-3-5-15(13)25-18;18-15-14(21-13(10-20-15)12-7-4-8-19-9-12)16-22-17(24-23-16)11-5-2-1-3-6-11;;;;;/h6-11,16-17H,5,12-15H2,1-4H3,(H2,30,31)(H,33,34);2-11H,1H3,(H2,20,21);2-10H,1H3,(H2,19,20);1-10H,(H2,18,20);5*1H. The van der Waals surface area contributed by atoms with Crippen LogP contribution in [0.3, 0.4) is 0 Å². The van der Waals surface area contributed by atoms with Crippen molar-refractivity contribution in [1.82, 2.24) is 89.9 Å². The van der Waals surface area contributed by atoms with Crippen molar-refractivity contribution in [3.63, 3.8) is 0 Å². The van der Waals surface area contributed by atoms with Crippen LogP contribution in [-0.2, 0) is 24.4 Å². The normalized spacial score (nSPS) is 12.3. The number of aryl methyl sites for hydroxylation is 1. The monoisotopic (exact) mass is 1630 g/mol. The molecule has 34 heteroatoms. The fraction of sp³-hybridized carbons (Fsp3) is 0.145. The predicted molar refractivity (Wildman–Crippen MR) is 456 cm³/mol. The maximum atomic E-state index is 13.2. The van der Waals surface area contributed by atoms with Crippen LogP contribution in [0.25, 0.3) is 134 Å². The van der Waals surface area contributed by atoms with Crippen LogP contribution in [0.5, 0.6) is 0 Å². The highest BCUT2D eigenvalue weighted by atomic mass is 32.2. The predicted octanol–water partition coefficient (Wildman–Crippen LogP) is 15.0. The molecule has 31 nitrogen and oxygen atoms in total. The second-order valence-corrected chi connectivity index (χ2v) is 32.7. The number of rotatable bonds is 13. The number of H-pyrrole nitrogens is 1. The van der Waals surface area contributed by atoms with Crippen molar-refractivity contribution in [1.29, 1.82) is 0 Å². The molecule has 0 aliphatic carbocycles. The number of nitrogens with zero attached hydrogens (tertiary/aromatic N) is 17. The third-order valence-corrected chi connectivity index (χ3v) is 21.2. The zero-order chi connectivity index (χ0) is 82.1. The van der Waals surface area contributed by atoms with Gasteiger partial charge in [-0.2, -0.15) is 9.97 Å². The first kappa shape index (κ1) is 79.1. The summed E-state index contributed by atoms with van der Waals surface area (Å²) in [6, 6.07) is 56.5. The largest absolute Gasteiger partial charge is 0.444 e. The van der Waals surface area contributed by atoms with Crippen molar-refractivity contribution < 1.29 is 47.3 Å². The van der Waals surface area contributed by atoms with Gasteiger partial charge in [-0.25, -0.2) is 71.5 Å². The summed E-state index contributed by atoms with van der Waals surface area (Å²) < 4.78 is 63.6. The van der Waals surface area contributed by atoms with Gasteiger partial charge in [0, 0.05) is 97.2 Å². The smallest absolute Gasteiger partial charge is 0.410 e. The number of hydrogen-bond acceptors (Lipinski definition) is 29. The van der Waals surface area contributed by atoms with Gasteiger partial charge in [0.2, 0.25) is 11.6 Å². The molecule has 598 valence electrons. The van der Waals surface area contributed by atoms with Gasteiger partial charge < -0.3 is 51.5 Å². The number of thiazole rings is 1. The molecule has 10 heterocycles. The first-order valence-electron chi connectivity index (χ1n) is 36.2. The molecule has 2 amide bonds. The molecule has 7 aromatic carbocycles. The number of nitrogen functional groups attached to an aromatic ring is 4. The van der Waals surface area contributed by atoms with Crippen LogP contribution < -0.4 is 22.9 Å². The number of nitrogens with two attached hydrogens (primary N) is 4. The average Bonchev–Trinajstić information content (AvgIpc) is 1.61. The van der Waals surface area contributed by atoms with E-state index in [4.69, 9.17) is 41.7 Å². The lowest BCUT2D eigenvalue weighted by atomic mass is 10.1. The number of para-hydroxylation sites is 1. The van der Waals surface area contributed by atoms with Crippen LogP contribution in [0.1, 0.15) is 50.2 Å². The highest BCUT2D eigenvalue weighted by Gasteiger charge is 2.28. The molecule has 1 aliphatic rings. The lowest BCUT2D eigenvalue weighted by Crippen LogP contribution is -2.40. The number of nitrogens with one attached hydrogen (secondary N) is 1. The zero-order valence-corrected chi connectivity index (χ0v) is 66.2. The van der Waals surface area contributed by atoms with Crippen molar-refractivity contribution in [2.45, 2.75) is 49.5 Å². The van der Waals surface area contributed by atoms with E-state index in [9.17, 15) is 26.4 Å². The topological polar surface area (TPSA) is 458 Å². The Hall–Kier alpha value is -14.5. The number of hydrogen-bond donors (Lipinski definition) is 5. The summed E-state index contributed by atoms with van der Waals surface area (Å²) in [4.78, 5) is 90.2. The van der Waals surface area contributed by atoms with E-state index in [1.54, 1.807) is 89.3 Å². The number of aromatic nitrogens is 16. The molecule has 0 unspecified atom stereocenters. The number of ether oxygens (including phenoxy) is 1. The third kappa shape index (κ3) is 19.1. The minimum Gasteiger partial charge on any atom is -0.444 e. The van der Waals surface area contributed by atoms with E-state index in [0.717, 1.165) is 60.9 Å². The van der Waals surface area contributed by atoms with Gasteiger partial charge in [-0.3, -0.25) is 9.78 Å². The number of carbonyl (C=O) groups excluding carboxylic acids is 2. The number of benzene rings is 7. The molecule has 0 atom stereocenters. The molecule has 16 aromatic rings. The second-order valence-electron chi connectivity index (χ2n) is 27.7. The van der Waals surface area contributed by atoms with Crippen LogP contribution >= 0.6 is 11.3 Å². The van der Waals surface area contributed by atoms with Crippen LogP contribution in [-0.4, -0.2) is 163 Å². The van der Waals surface area contributed by atoms with Crippen molar-refractivity contribution in [2.24, 2.45) is 0 Å². The third-order valence-electron chi connectivity index (χ3n) is 17.9. The lowest BCUT2D eigenvalue weighted by molar-refractivity contribution is 0.0255. The molecule has 117 heavy (non-hydrogen) atoms. The number of fused-ring (bicyclic) bond motifs is 2. The van der Waals surface area contributed by atoms with Gasteiger partial charge in [0.05, 0.1) is 78.6 Å². The zero-order valence-electron chi connectivity index (χ0n) is 63.7. The molecule has 17 rings (SSSR count). The first-order chi connectivity index (χ1) is 56.2. The van der Waals surface area contributed by atoms with E-state index in [2.05, 4.69) is 75.1 Å². The minimum atomic E-state index is -3.27. The summed E-state index contributed by atoms with van der Waals surface area (Å²) in [5.41, 5.74) is 36.5. The van der Waals surface area contributed by atoms with Gasteiger partial charge in [-0.15, -0.1) is 11.3 Å². The highest BCUT2D eigenvalue weighted by Crippen LogP contribution is 2.35. The van der Waals surface area contributed by atoms with Crippen molar-refractivity contribution >= 4 is 87.5 Å². The van der Waals surface area contributed by atoms with E-state index in [-0.39, 0.29) is 57.9 Å². The molecule has 0 saturated carbocycles. The number of sulfone groups is 2. The molecule has 1 saturated heterocycles. The summed E-state index contributed by atoms with van der Waals surface area (Å²) in [6.45, 7) is 9.57. The van der Waals surface area contributed by atoms with Crippen LogP contribution in [0.2, 0.25) is 0 Å². The van der Waals surface area contributed by atoms with Gasteiger partial charge in [0.25, 0.3) is 17.7 Å². The number of carbonyl (C=O) groups is 2. The SMILES string of the molecule is CS(=O)(=O)c1ccc(-c2cnc(N)c(-c3nc4ccccc4s3)n2)cc1.CS(=O)(=O)c1ccc(-c2cnc(N)c(-c3noc(-c4ccccc4)n3)n2)cc1.Cc1ccc2nc(-c3nc(-c4ccc(C(=O)N5CCCN(C(=O)OC(C)(C)C)CC5)cc4)cnc3N)[nH]c2c1.Nc1ncc(-c2cccnc2)nc1-c1noc(-c2ccccc2)n1.[HH].[HH].[HH].[HH].[HH]. The number of pyridine rings is 1. The fourth-order valence-electron chi connectivity index (χ4n) is 11.9. The van der Waals surface area contributed by atoms with E-state index in [0.29, 0.717) is 118 Å². The van der Waals surface area contributed by atoms with Gasteiger partial charge in [-0.05, 0) is 137 Å². The Morgan fingerprint density at radius 1 is 0.479 bits per heavy atom. The summed E-state index contributed by atoms with van der Waals surface area (Å²) >= 11 is 1.50. The summed E-state index contributed by atoms with van der Waals surface area (Å²) in [5.74, 6) is 2.73. The minimum absolute atomic E-state index is 0. The molecule has 1 fully saturated rings. The Balaban J connectivity index is 0.000000185. The Kier molecular flexibility index (Phi) is 23.0. The first-order valence-corrected chi connectivity index (χ1v) is 40.8. The Bertz CT molecular complexity index is 6510. The van der Waals surface area contributed by atoms with Gasteiger partial charge in [0.15, 0.2) is 60.2 Å². The Morgan fingerprint density at radius 2 is 0.940 bits per heavy atom. The average molecular weight is 1630 g/mol. The number of anilines is 4. The molecule has 9 aromatic heterocycles. The lowest BCUT2D eigenvalue weighted by Gasteiger charge is -2.26. The molecule has 0 bridgehead atoms. The molecule has 9 N–H and O–H groups in total. The number of aromatic amines is 1. The summed E-state index contributed by atoms with van der Waals surface area (Å²) in [6.07, 6.45) is 12.4. The molecular formula is C83H84N22O9S3. The number of amides is 2. The van der Waals surface area contributed by atoms with Crippen LogP contribution in [0.4, 0.5) is 28.1 Å². The summed E-state index contributed by atoms with van der Waals surface area (Å²) in [5, 5.41) is 8.63. The van der Waals surface area contributed by atoms with Crippen LogP contribution in [0.15, 0.2) is 244 Å². The quantitative estimate of drug-likeness (QED) is 0.0715. The Labute approximate surface area is 681 Å². The Morgan fingerprint density at radius 3 is 1.45 bits per heavy atom. The van der Waals surface area contributed by atoms with E-state index in [1.165, 1.54) is 35.9 Å². The highest BCUT2D eigenvalue weighted by molar-refractivity contribution is 7.91. The molecular weight excluding hydrogens is 1550 g/mol. The maximum Gasteiger partial charge on any atom is 0.410 e. The van der Waals surface area contributed by atoms with E-state index in [1.807, 2.05) is 155 Å². The summed E-state index contributed by atoms with van der Waals surface area (Å²) in [7, 11) is -6.51. The van der Waals surface area contributed by atoms with Crippen LogP contribution in [0, 0.1) is 6.92 Å². The maximum absolute atomic E-state index is 13.2. The van der Waals surface area contributed by atoms with Crippen molar-refractivity contribution in [2.75, 3.05) is 61.6 Å². The van der Waals surface area contributed by atoms with Crippen molar-refractivity contribution in [3.05, 3.63) is 236 Å². The molecule has 0 spiro atoms. The number of imidazole rings is 1. The fourth-order valence-corrected chi connectivity index (χ4v) is 14.1. The van der Waals surface area contributed by atoms with Gasteiger partial charge >= 0.3 is 6.09 Å². The van der Waals surface area contributed by atoms with Crippen molar-refractivity contribution in [3.8, 4) is 113 Å². The van der Waals surface area contributed by atoms with E-state index < -0.39 is 25.3 Å². The molecule has 1 aliphatic heterocycles. The van der Waals surface area contributed by atoms with Gasteiger partial charge in [0.1, 0.15) is 22.0 Å². The van der Waals surface area contributed by atoms with E-state index >= 15 is 0 Å². The molecule has 0 radical (unpaired) electrons.